The number of carbonyl (C=O) groups excluding carboxylic acids is 2. The van der Waals surface area contributed by atoms with Crippen LogP contribution in [0.4, 0.5) is 0 Å². The number of fused-ring (bicyclic) bond motifs is 1. The van der Waals surface area contributed by atoms with Crippen LogP contribution in [0.25, 0.3) is 5.65 Å². The molecule has 0 N–H and O–H groups in total. The van der Waals surface area contributed by atoms with Crippen molar-refractivity contribution in [2.75, 3.05) is 19.6 Å². The Bertz CT molecular complexity index is 982. The molecule has 2 aromatic rings. The van der Waals surface area contributed by atoms with Gasteiger partial charge in [0.05, 0.1) is 5.69 Å². The SMILES string of the molecule is CCC(=O)N1CC[C@H](c2cc3nc(C)c(CCC(=O)N4CCCC[C@H]4C)c(C)n3n2)C1. The van der Waals surface area contributed by atoms with Gasteiger partial charge in [-0.3, -0.25) is 9.59 Å². The molecule has 0 bridgehead atoms. The highest BCUT2D eigenvalue weighted by Crippen LogP contribution is 2.28. The van der Waals surface area contributed by atoms with Crippen LogP contribution < -0.4 is 0 Å². The summed E-state index contributed by atoms with van der Waals surface area (Å²) in [5, 5.41) is 4.87. The van der Waals surface area contributed by atoms with Crippen LogP contribution in [0.2, 0.25) is 0 Å². The van der Waals surface area contributed by atoms with Crippen molar-refractivity contribution in [2.24, 2.45) is 0 Å². The molecule has 168 valence electrons. The van der Waals surface area contributed by atoms with Crippen molar-refractivity contribution >= 4 is 17.5 Å². The van der Waals surface area contributed by atoms with E-state index in [9.17, 15) is 9.59 Å². The third kappa shape index (κ3) is 4.32. The van der Waals surface area contributed by atoms with E-state index in [1.165, 1.54) is 6.42 Å². The minimum atomic E-state index is 0.214. The maximum atomic E-state index is 12.8. The summed E-state index contributed by atoms with van der Waals surface area (Å²) in [6.45, 7) is 10.6. The number of aromatic nitrogens is 3. The Hall–Kier alpha value is -2.44. The summed E-state index contributed by atoms with van der Waals surface area (Å²) in [6, 6.07) is 2.41. The molecule has 7 nitrogen and oxygen atoms in total. The first-order valence-corrected chi connectivity index (χ1v) is 11.8. The van der Waals surface area contributed by atoms with Crippen LogP contribution in [0.5, 0.6) is 0 Å². The highest BCUT2D eigenvalue weighted by atomic mass is 16.2. The predicted octanol–water partition coefficient (Wildman–Crippen LogP) is 3.41. The van der Waals surface area contributed by atoms with Crippen molar-refractivity contribution in [1.82, 2.24) is 24.4 Å². The zero-order valence-electron chi connectivity index (χ0n) is 19.4. The molecule has 4 heterocycles. The number of aryl methyl sites for hydroxylation is 2. The van der Waals surface area contributed by atoms with Gasteiger partial charge < -0.3 is 9.80 Å². The lowest BCUT2D eigenvalue weighted by Crippen LogP contribution is -2.42. The third-order valence-electron chi connectivity index (χ3n) is 7.16. The number of nitrogens with zero attached hydrogens (tertiary/aromatic N) is 5. The Labute approximate surface area is 184 Å². The average Bonchev–Trinajstić information content (AvgIpc) is 3.40. The molecule has 0 unspecified atom stereocenters. The molecule has 0 aliphatic carbocycles. The normalized spacial score (nSPS) is 21.8. The largest absolute Gasteiger partial charge is 0.342 e. The summed E-state index contributed by atoms with van der Waals surface area (Å²) in [5.41, 5.74) is 5.02. The van der Waals surface area contributed by atoms with E-state index >= 15 is 0 Å². The van der Waals surface area contributed by atoms with Crippen LogP contribution in [-0.4, -0.2) is 61.9 Å². The van der Waals surface area contributed by atoms with Gasteiger partial charge in [0.2, 0.25) is 11.8 Å². The smallest absolute Gasteiger partial charge is 0.223 e. The number of likely N-dealkylation sites (tertiary alicyclic amines) is 2. The molecule has 2 amide bonds. The lowest BCUT2D eigenvalue weighted by Gasteiger charge is -2.33. The van der Waals surface area contributed by atoms with E-state index in [1.807, 2.05) is 23.3 Å². The summed E-state index contributed by atoms with van der Waals surface area (Å²) >= 11 is 0. The quantitative estimate of drug-likeness (QED) is 0.736. The maximum Gasteiger partial charge on any atom is 0.223 e. The molecule has 2 aliphatic rings. The third-order valence-corrected chi connectivity index (χ3v) is 7.16. The topological polar surface area (TPSA) is 70.8 Å². The lowest BCUT2D eigenvalue weighted by atomic mass is 10.0. The fraction of sp³-hybridized carbons (Fsp3) is 0.667. The molecule has 2 aromatic heterocycles. The van der Waals surface area contributed by atoms with Gasteiger partial charge in [0.25, 0.3) is 0 Å². The van der Waals surface area contributed by atoms with Crippen molar-refractivity contribution in [1.29, 1.82) is 0 Å². The minimum Gasteiger partial charge on any atom is -0.342 e. The van der Waals surface area contributed by atoms with Gasteiger partial charge in [-0.1, -0.05) is 6.92 Å². The predicted molar refractivity (Wildman–Crippen MR) is 120 cm³/mol. The maximum absolute atomic E-state index is 12.8. The first-order valence-electron chi connectivity index (χ1n) is 11.8. The van der Waals surface area contributed by atoms with E-state index in [1.54, 1.807) is 0 Å². The molecule has 0 saturated carbocycles. The highest BCUT2D eigenvalue weighted by molar-refractivity contribution is 5.77. The second kappa shape index (κ2) is 8.97. The Morgan fingerprint density at radius 1 is 1.13 bits per heavy atom. The lowest BCUT2D eigenvalue weighted by molar-refractivity contribution is -0.134. The molecule has 2 fully saturated rings. The van der Waals surface area contributed by atoms with Crippen molar-refractivity contribution in [3.63, 3.8) is 0 Å². The number of piperidine rings is 1. The number of carbonyl (C=O) groups is 2. The van der Waals surface area contributed by atoms with Crippen molar-refractivity contribution in [3.8, 4) is 0 Å². The van der Waals surface area contributed by atoms with Gasteiger partial charge >= 0.3 is 0 Å². The van der Waals surface area contributed by atoms with E-state index in [0.29, 0.717) is 25.3 Å². The molecule has 2 atom stereocenters. The standard InChI is InChI=1S/C24H35N5O2/c1-5-23(30)27-13-11-19(15-27)21-14-22-25-17(3)20(18(4)29(22)26-21)9-10-24(31)28-12-7-6-8-16(28)2/h14,16,19H,5-13,15H2,1-4H3/t16-,19+/m1/s1. The molecule has 0 radical (unpaired) electrons. The number of rotatable bonds is 5. The molecule has 2 aliphatic heterocycles. The molecule has 31 heavy (non-hydrogen) atoms. The van der Waals surface area contributed by atoms with Crippen LogP contribution in [0.3, 0.4) is 0 Å². The van der Waals surface area contributed by atoms with Crippen molar-refractivity contribution in [3.05, 3.63) is 28.7 Å². The summed E-state index contributed by atoms with van der Waals surface area (Å²) in [5.74, 6) is 0.729. The number of hydrogen-bond acceptors (Lipinski definition) is 4. The Morgan fingerprint density at radius 3 is 2.68 bits per heavy atom. The Morgan fingerprint density at radius 2 is 1.94 bits per heavy atom. The van der Waals surface area contributed by atoms with E-state index in [-0.39, 0.29) is 17.7 Å². The van der Waals surface area contributed by atoms with E-state index in [2.05, 4.69) is 24.8 Å². The number of amides is 2. The van der Waals surface area contributed by atoms with Crippen LogP contribution in [0.15, 0.2) is 6.07 Å². The molecule has 2 saturated heterocycles. The molecular formula is C24H35N5O2. The minimum absolute atomic E-state index is 0.214. The van der Waals surface area contributed by atoms with Crippen LogP contribution in [0, 0.1) is 13.8 Å². The fourth-order valence-electron chi connectivity index (χ4n) is 5.20. The first kappa shape index (κ1) is 21.8. The molecule has 0 spiro atoms. The Balaban J connectivity index is 1.50. The zero-order valence-corrected chi connectivity index (χ0v) is 19.4. The van der Waals surface area contributed by atoms with Gasteiger partial charge in [-0.05, 0) is 58.4 Å². The van der Waals surface area contributed by atoms with Crippen LogP contribution >= 0.6 is 0 Å². The van der Waals surface area contributed by atoms with Gasteiger partial charge in [0.15, 0.2) is 5.65 Å². The van der Waals surface area contributed by atoms with E-state index in [0.717, 1.165) is 67.2 Å². The average molecular weight is 426 g/mol. The molecule has 4 rings (SSSR count). The monoisotopic (exact) mass is 425 g/mol. The van der Waals surface area contributed by atoms with Gasteiger partial charge in [0.1, 0.15) is 0 Å². The fourth-order valence-corrected chi connectivity index (χ4v) is 5.20. The van der Waals surface area contributed by atoms with Gasteiger partial charge in [0, 0.05) is 61.9 Å². The highest BCUT2D eigenvalue weighted by Gasteiger charge is 2.29. The van der Waals surface area contributed by atoms with Crippen molar-refractivity contribution in [2.45, 2.75) is 84.6 Å². The van der Waals surface area contributed by atoms with Crippen molar-refractivity contribution < 1.29 is 9.59 Å². The second-order valence-corrected chi connectivity index (χ2v) is 9.21. The van der Waals surface area contributed by atoms with E-state index < -0.39 is 0 Å². The van der Waals surface area contributed by atoms with Gasteiger partial charge in [-0.2, -0.15) is 5.10 Å². The molecule has 7 heteroatoms. The molecular weight excluding hydrogens is 390 g/mol. The van der Waals surface area contributed by atoms with Gasteiger partial charge in [-0.25, -0.2) is 9.50 Å². The summed E-state index contributed by atoms with van der Waals surface area (Å²) < 4.78 is 1.93. The Kier molecular flexibility index (Phi) is 6.30. The first-order chi connectivity index (χ1) is 14.9. The summed E-state index contributed by atoms with van der Waals surface area (Å²) in [7, 11) is 0. The number of hydrogen-bond donors (Lipinski definition) is 0. The van der Waals surface area contributed by atoms with Crippen LogP contribution in [-0.2, 0) is 16.0 Å². The summed E-state index contributed by atoms with van der Waals surface area (Å²) in [6.07, 6.45) is 6.15. The second-order valence-electron chi connectivity index (χ2n) is 9.21. The molecule has 0 aromatic carbocycles. The zero-order chi connectivity index (χ0) is 22.1. The summed E-state index contributed by atoms with van der Waals surface area (Å²) in [4.78, 5) is 33.6. The van der Waals surface area contributed by atoms with Crippen LogP contribution in [0.1, 0.15) is 80.9 Å². The van der Waals surface area contributed by atoms with E-state index in [4.69, 9.17) is 10.1 Å². The van der Waals surface area contributed by atoms with Gasteiger partial charge in [-0.15, -0.1) is 0 Å².